The molecule has 1 amide bonds. The Hall–Kier alpha value is -0.490. The molecule has 2 heterocycles. The van der Waals surface area contributed by atoms with Gasteiger partial charge in [0.1, 0.15) is 5.82 Å². The van der Waals surface area contributed by atoms with E-state index in [1.54, 1.807) is 4.90 Å². The number of imidazole rings is 1. The fraction of sp³-hybridized carbons (Fsp3) is 0.692. The molecular weight excluding hydrogens is 326 g/mol. The number of aromatic nitrogens is 2. The molecule has 1 atom stereocenters. The number of nitrogens with one attached hydrogen (secondary N) is 1. The van der Waals surface area contributed by atoms with Crippen LogP contribution in [0.3, 0.4) is 0 Å². The number of hydrogen-bond acceptors (Lipinski definition) is 3. The molecule has 4 nitrogen and oxygen atoms in total. The summed E-state index contributed by atoms with van der Waals surface area (Å²) >= 11 is 5.32. The number of rotatable bonds is 4. The number of thioether (sulfide) groups is 1. The molecular formula is C13H20BrN3OS. The zero-order valence-electron chi connectivity index (χ0n) is 11.4. The first-order valence-corrected chi connectivity index (χ1v) is 8.65. The standard InChI is InChI=1S/C13H20BrN3OS/c1-9(14)13(18)17(2)8-11-7-15-12(16-11)10-3-5-19-6-4-10/h7,9-10H,3-6,8H2,1-2H3,(H,15,16). The van der Waals surface area contributed by atoms with Gasteiger partial charge >= 0.3 is 0 Å². The van der Waals surface area contributed by atoms with Crippen molar-refractivity contribution in [2.45, 2.75) is 37.1 Å². The van der Waals surface area contributed by atoms with Crippen LogP contribution in [0, 0.1) is 0 Å². The van der Waals surface area contributed by atoms with E-state index in [4.69, 9.17) is 0 Å². The van der Waals surface area contributed by atoms with Crippen molar-refractivity contribution in [1.82, 2.24) is 14.9 Å². The van der Waals surface area contributed by atoms with Gasteiger partial charge in [0.05, 0.1) is 23.3 Å². The first-order valence-electron chi connectivity index (χ1n) is 6.58. The third-order valence-corrected chi connectivity index (χ3v) is 4.82. The lowest BCUT2D eigenvalue weighted by Gasteiger charge is -2.19. The lowest BCUT2D eigenvalue weighted by atomic mass is 10.0. The highest BCUT2D eigenvalue weighted by atomic mass is 79.9. The number of nitrogens with zero attached hydrogens (tertiary/aromatic N) is 2. The Kier molecular flexibility index (Phi) is 5.33. The van der Waals surface area contributed by atoms with Crippen LogP contribution in [0.1, 0.15) is 37.2 Å². The summed E-state index contributed by atoms with van der Waals surface area (Å²) in [7, 11) is 1.82. The molecule has 1 fully saturated rings. The molecule has 1 aromatic rings. The minimum absolute atomic E-state index is 0.0882. The number of aromatic amines is 1. The van der Waals surface area contributed by atoms with Crippen LogP contribution < -0.4 is 0 Å². The van der Waals surface area contributed by atoms with E-state index in [-0.39, 0.29) is 10.7 Å². The Morgan fingerprint density at radius 2 is 2.32 bits per heavy atom. The van der Waals surface area contributed by atoms with Crippen LogP contribution in [0.15, 0.2) is 6.20 Å². The molecule has 1 saturated heterocycles. The summed E-state index contributed by atoms with van der Waals surface area (Å²) in [5, 5.41) is 0. The SMILES string of the molecule is CC(Br)C(=O)N(C)Cc1cnc(C2CCSCC2)[nH]1. The quantitative estimate of drug-likeness (QED) is 0.853. The van der Waals surface area contributed by atoms with Crippen LogP contribution >= 0.6 is 27.7 Å². The molecule has 0 radical (unpaired) electrons. The molecule has 6 heteroatoms. The van der Waals surface area contributed by atoms with Crippen molar-refractivity contribution in [1.29, 1.82) is 0 Å². The summed E-state index contributed by atoms with van der Waals surface area (Å²) in [6, 6.07) is 0. The number of H-pyrrole nitrogens is 1. The van der Waals surface area contributed by atoms with Gasteiger partial charge in [-0.25, -0.2) is 4.98 Å². The van der Waals surface area contributed by atoms with Crippen molar-refractivity contribution < 1.29 is 4.79 Å². The summed E-state index contributed by atoms with van der Waals surface area (Å²) < 4.78 is 0. The fourth-order valence-corrected chi connectivity index (χ4v) is 3.73. The van der Waals surface area contributed by atoms with Crippen LogP contribution in [-0.2, 0) is 11.3 Å². The van der Waals surface area contributed by atoms with E-state index in [9.17, 15) is 4.79 Å². The van der Waals surface area contributed by atoms with Gasteiger partial charge in [-0.05, 0) is 31.3 Å². The zero-order valence-corrected chi connectivity index (χ0v) is 13.8. The van der Waals surface area contributed by atoms with Crippen LogP contribution in [0.4, 0.5) is 0 Å². The molecule has 1 aliphatic rings. The Morgan fingerprint density at radius 1 is 1.63 bits per heavy atom. The topological polar surface area (TPSA) is 49.0 Å². The lowest BCUT2D eigenvalue weighted by Crippen LogP contribution is -2.31. The van der Waals surface area contributed by atoms with Crippen LogP contribution in [-0.4, -0.2) is 44.2 Å². The molecule has 1 unspecified atom stereocenters. The van der Waals surface area contributed by atoms with Crippen LogP contribution in [0.2, 0.25) is 0 Å². The number of halogens is 1. The largest absolute Gasteiger partial charge is 0.344 e. The van der Waals surface area contributed by atoms with Crippen molar-refractivity contribution in [3.8, 4) is 0 Å². The number of carbonyl (C=O) groups is 1. The predicted molar refractivity (Wildman–Crippen MR) is 82.8 cm³/mol. The second-order valence-corrected chi connectivity index (χ2v) is 7.59. The van der Waals surface area contributed by atoms with Crippen molar-refractivity contribution >= 4 is 33.6 Å². The third kappa shape index (κ3) is 3.99. The molecule has 2 rings (SSSR count). The van der Waals surface area contributed by atoms with Crippen LogP contribution in [0.25, 0.3) is 0 Å². The summed E-state index contributed by atoms with van der Waals surface area (Å²) in [4.78, 5) is 21.2. The highest BCUT2D eigenvalue weighted by Crippen LogP contribution is 2.29. The molecule has 1 N–H and O–H groups in total. The van der Waals surface area contributed by atoms with E-state index in [0.717, 1.165) is 11.5 Å². The second-order valence-electron chi connectivity index (χ2n) is 4.99. The zero-order chi connectivity index (χ0) is 13.8. The van der Waals surface area contributed by atoms with E-state index < -0.39 is 0 Å². The fourth-order valence-electron chi connectivity index (χ4n) is 2.27. The van der Waals surface area contributed by atoms with Crippen molar-refractivity contribution in [2.24, 2.45) is 0 Å². The van der Waals surface area contributed by atoms with Gasteiger partial charge in [0.25, 0.3) is 0 Å². The second kappa shape index (κ2) is 6.79. The van der Waals surface area contributed by atoms with Crippen molar-refractivity contribution in [2.75, 3.05) is 18.6 Å². The summed E-state index contributed by atoms with van der Waals surface area (Å²) in [6.07, 6.45) is 4.26. The Balaban J connectivity index is 1.95. The monoisotopic (exact) mass is 345 g/mol. The first-order chi connectivity index (χ1) is 9.08. The summed E-state index contributed by atoms with van der Waals surface area (Å²) in [6.45, 7) is 2.43. The molecule has 106 valence electrons. The van der Waals surface area contributed by atoms with Gasteiger partial charge in [-0.3, -0.25) is 4.79 Å². The Morgan fingerprint density at radius 3 is 2.95 bits per heavy atom. The van der Waals surface area contributed by atoms with Crippen molar-refractivity contribution in [3.63, 3.8) is 0 Å². The lowest BCUT2D eigenvalue weighted by molar-refractivity contribution is -0.129. The van der Waals surface area contributed by atoms with Gasteiger partial charge in [-0.2, -0.15) is 11.8 Å². The molecule has 0 spiro atoms. The third-order valence-electron chi connectivity index (χ3n) is 3.38. The number of carbonyl (C=O) groups excluding carboxylic acids is 1. The molecule has 0 bridgehead atoms. The van der Waals surface area contributed by atoms with Crippen molar-refractivity contribution in [3.05, 3.63) is 17.7 Å². The summed E-state index contributed by atoms with van der Waals surface area (Å²) in [5.41, 5.74) is 1.01. The highest BCUT2D eigenvalue weighted by molar-refractivity contribution is 9.10. The van der Waals surface area contributed by atoms with E-state index >= 15 is 0 Å². The molecule has 1 aliphatic heterocycles. The molecule has 0 aliphatic carbocycles. The average Bonchev–Trinajstić information content (AvgIpc) is 2.87. The maximum Gasteiger partial charge on any atom is 0.236 e. The molecule has 19 heavy (non-hydrogen) atoms. The predicted octanol–water partition coefficient (Wildman–Crippen LogP) is 2.76. The highest BCUT2D eigenvalue weighted by Gasteiger charge is 2.20. The van der Waals surface area contributed by atoms with Gasteiger partial charge < -0.3 is 9.88 Å². The minimum atomic E-state index is -0.143. The van der Waals surface area contributed by atoms with Gasteiger partial charge in [-0.1, -0.05) is 15.9 Å². The molecule has 1 aromatic heterocycles. The minimum Gasteiger partial charge on any atom is -0.344 e. The van der Waals surface area contributed by atoms with Gasteiger partial charge in [0.15, 0.2) is 0 Å². The summed E-state index contributed by atoms with van der Waals surface area (Å²) in [5.74, 6) is 4.18. The Bertz CT molecular complexity index is 429. The van der Waals surface area contributed by atoms with E-state index in [1.807, 2.05) is 31.9 Å². The maximum atomic E-state index is 11.8. The number of hydrogen-bond donors (Lipinski definition) is 1. The van der Waals surface area contributed by atoms with Crippen LogP contribution in [0.5, 0.6) is 0 Å². The van der Waals surface area contributed by atoms with E-state index in [0.29, 0.717) is 12.5 Å². The van der Waals surface area contributed by atoms with E-state index in [1.165, 1.54) is 24.3 Å². The molecule has 0 saturated carbocycles. The smallest absolute Gasteiger partial charge is 0.236 e. The first kappa shape index (κ1) is 14.9. The number of alkyl halides is 1. The molecule has 0 aromatic carbocycles. The van der Waals surface area contributed by atoms with E-state index in [2.05, 4.69) is 25.9 Å². The number of amides is 1. The average molecular weight is 346 g/mol. The maximum absolute atomic E-state index is 11.8. The van der Waals surface area contributed by atoms with Gasteiger partial charge in [0, 0.05) is 13.0 Å². The normalized spacial score (nSPS) is 18.3. The Labute approximate surface area is 126 Å². The van der Waals surface area contributed by atoms with Gasteiger partial charge in [-0.15, -0.1) is 0 Å². The van der Waals surface area contributed by atoms with Gasteiger partial charge in [0.2, 0.25) is 5.91 Å².